The van der Waals surface area contributed by atoms with Crippen LogP contribution in [0.5, 0.6) is 0 Å². The molecule has 4 nitrogen and oxygen atoms in total. The zero-order valence-corrected chi connectivity index (χ0v) is 10.1. The Morgan fingerprint density at radius 2 is 1.72 bits per heavy atom. The van der Waals surface area contributed by atoms with E-state index in [1.807, 2.05) is 24.3 Å². The summed E-state index contributed by atoms with van der Waals surface area (Å²) in [6.07, 6.45) is 0. The van der Waals surface area contributed by atoms with Crippen molar-refractivity contribution in [3.63, 3.8) is 0 Å². The Morgan fingerprint density at radius 1 is 0.944 bits per heavy atom. The molecule has 18 heavy (non-hydrogen) atoms. The number of nitrogens with two attached hydrogens (primary N) is 1. The molecule has 0 saturated heterocycles. The molecule has 3 aromatic rings. The molecule has 0 aliphatic rings. The van der Waals surface area contributed by atoms with Gasteiger partial charge in [-0.3, -0.25) is 0 Å². The van der Waals surface area contributed by atoms with E-state index in [0.29, 0.717) is 16.5 Å². The first-order chi connectivity index (χ1) is 8.74. The molecule has 2 N–H and O–H groups in total. The number of halogens is 1. The van der Waals surface area contributed by atoms with E-state index in [1.54, 1.807) is 18.2 Å². The summed E-state index contributed by atoms with van der Waals surface area (Å²) in [6.45, 7) is 0. The molecule has 2 aromatic carbocycles. The number of benzene rings is 2. The molecule has 0 spiro atoms. The standard InChI is InChI=1S/C13H9ClN4/c14-8-5-6-9(10(15)7-8)13-16-11-3-1-2-4-12(11)17-18-13/h1-7H,15H2. The van der Waals surface area contributed by atoms with E-state index in [1.165, 1.54) is 0 Å². The van der Waals surface area contributed by atoms with Crippen LogP contribution in [0.3, 0.4) is 0 Å². The van der Waals surface area contributed by atoms with Crippen LogP contribution in [-0.2, 0) is 0 Å². The van der Waals surface area contributed by atoms with Crippen LogP contribution in [0.4, 0.5) is 5.69 Å². The third-order valence-electron chi connectivity index (χ3n) is 2.62. The van der Waals surface area contributed by atoms with E-state index in [9.17, 15) is 0 Å². The molecule has 88 valence electrons. The lowest BCUT2D eigenvalue weighted by molar-refractivity contribution is 1.03. The van der Waals surface area contributed by atoms with Gasteiger partial charge in [-0.25, -0.2) is 4.98 Å². The molecule has 5 heteroatoms. The molecule has 3 rings (SSSR count). The maximum absolute atomic E-state index is 5.91. The minimum atomic E-state index is 0.503. The average Bonchev–Trinajstić information content (AvgIpc) is 2.38. The van der Waals surface area contributed by atoms with Crippen LogP contribution in [0.15, 0.2) is 42.5 Å². The van der Waals surface area contributed by atoms with E-state index in [-0.39, 0.29) is 0 Å². The molecule has 1 heterocycles. The lowest BCUT2D eigenvalue weighted by atomic mass is 10.1. The van der Waals surface area contributed by atoms with Gasteiger partial charge in [0.25, 0.3) is 0 Å². The van der Waals surface area contributed by atoms with Crippen molar-refractivity contribution in [2.75, 3.05) is 5.73 Å². The number of nitrogens with zero attached hydrogens (tertiary/aromatic N) is 3. The SMILES string of the molecule is Nc1cc(Cl)ccc1-c1nnc2ccccc2n1. The van der Waals surface area contributed by atoms with Gasteiger partial charge in [-0.05, 0) is 30.3 Å². The van der Waals surface area contributed by atoms with Gasteiger partial charge in [-0.2, -0.15) is 0 Å². The van der Waals surface area contributed by atoms with Crippen LogP contribution < -0.4 is 5.73 Å². The number of rotatable bonds is 1. The van der Waals surface area contributed by atoms with Crippen LogP contribution >= 0.6 is 11.6 Å². The predicted octanol–water partition coefficient (Wildman–Crippen LogP) is 2.93. The number of anilines is 1. The summed E-state index contributed by atoms with van der Waals surface area (Å²) < 4.78 is 0. The molecule has 0 atom stereocenters. The van der Waals surface area contributed by atoms with Crippen molar-refractivity contribution in [1.29, 1.82) is 0 Å². The first-order valence-corrected chi connectivity index (χ1v) is 5.77. The van der Waals surface area contributed by atoms with Gasteiger partial charge in [-0.15, -0.1) is 10.2 Å². The van der Waals surface area contributed by atoms with Crippen molar-refractivity contribution >= 4 is 28.3 Å². The molecule has 0 amide bonds. The Kier molecular flexibility index (Phi) is 2.57. The second-order valence-electron chi connectivity index (χ2n) is 3.86. The Hall–Kier alpha value is -2.20. The number of fused-ring (bicyclic) bond motifs is 1. The van der Waals surface area contributed by atoms with Gasteiger partial charge in [0.15, 0.2) is 5.82 Å². The number of aromatic nitrogens is 3. The van der Waals surface area contributed by atoms with Crippen molar-refractivity contribution < 1.29 is 0 Å². The Balaban J connectivity index is 2.19. The number of hydrogen-bond donors (Lipinski definition) is 1. The smallest absolute Gasteiger partial charge is 0.184 e. The lowest BCUT2D eigenvalue weighted by Crippen LogP contribution is -1.97. The second-order valence-corrected chi connectivity index (χ2v) is 4.29. The largest absolute Gasteiger partial charge is 0.398 e. The van der Waals surface area contributed by atoms with Crippen LogP contribution in [0.1, 0.15) is 0 Å². The number of para-hydroxylation sites is 1. The molecule has 0 bridgehead atoms. The zero-order valence-electron chi connectivity index (χ0n) is 9.34. The van der Waals surface area contributed by atoms with Crippen molar-refractivity contribution in [3.8, 4) is 11.4 Å². The highest BCUT2D eigenvalue weighted by atomic mass is 35.5. The van der Waals surface area contributed by atoms with Gasteiger partial charge in [0.1, 0.15) is 5.52 Å². The fourth-order valence-electron chi connectivity index (χ4n) is 1.73. The molecule has 0 aliphatic carbocycles. The summed E-state index contributed by atoms with van der Waals surface area (Å²) in [7, 11) is 0. The first-order valence-electron chi connectivity index (χ1n) is 5.39. The van der Waals surface area contributed by atoms with Crippen molar-refractivity contribution in [1.82, 2.24) is 15.2 Å². The fraction of sp³-hybridized carbons (Fsp3) is 0. The van der Waals surface area contributed by atoms with E-state index in [4.69, 9.17) is 17.3 Å². The molecule has 0 fully saturated rings. The highest BCUT2D eigenvalue weighted by Crippen LogP contribution is 2.26. The maximum atomic E-state index is 5.91. The summed E-state index contributed by atoms with van der Waals surface area (Å²) in [4.78, 5) is 4.44. The normalized spacial score (nSPS) is 10.7. The van der Waals surface area contributed by atoms with Crippen molar-refractivity contribution in [2.24, 2.45) is 0 Å². The van der Waals surface area contributed by atoms with E-state index in [2.05, 4.69) is 15.2 Å². The van der Waals surface area contributed by atoms with Crippen LogP contribution in [0.2, 0.25) is 5.02 Å². The molecule has 0 saturated carbocycles. The summed E-state index contributed by atoms with van der Waals surface area (Å²) in [6, 6.07) is 12.8. The van der Waals surface area contributed by atoms with Crippen molar-refractivity contribution in [2.45, 2.75) is 0 Å². The summed E-state index contributed by atoms with van der Waals surface area (Å²) in [5, 5.41) is 8.79. The molecule has 1 aromatic heterocycles. The fourth-order valence-corrected chi connectivity index (χ4v) is 1.91. The summed E-state index contributed by atoms with van der Waals surface area (Å²) >= 11 is 5.86. The van der Waals surface area contributed by atoms with Crippen LogP contribution in [0, 0.1) is 0 Å². The zero-order chi connectivity index (χ0) is 12.5. The summed E-state index contributed by atoms with van der Waals surface area (Å²) in [5.41, 5.74) is 8.73. The van der Waals surface area contributed by atoms with Crippen LogP contribution in [0.25, 0.3) is 22.4 Å². The topological polar surface area (TPSA) is 64.7 Å². The molecule has 0 radical (unpaired) electrons. The lowest BCUT2D eigenvalue weighted by Gasteiger charge is -2.04. The Labute approximate surface area is 108 Å². The minimum absolute atomic E-state index is 0.503. The molecular weight excluding hydrogens is 248 g/mol. The van der Waals surface area contributed by atoms with Gasteiger partial charge in [0.2, 0.25) is 0 Å². The van der Waals surface area contributed by atoms with Gasteiger partial charge < -0.3 is 5.73 Å². The highest BCUT2D eigenvalue weighted by molar-refractivity contribution is 6.31. The monoisotopic (exact) mass is 256 g/mol. The maximum Gasteiger partial charge on any atom is 0.184 e. The average molecular weight is 257 g/mol. The number of nitrogen functional groups attached to an aromatic ring is 1. The quantitative estimate of drug-likeness (QED) is 0.680. The van der Waals surface area contributed by atoms with Gasteiger partial charge in [0, 0.05) is 16.3 Å². The molecule has 0 unspecified atom stereocenters. The van der Waals surface area contributed by atoms with Gasteiger partial charge in [0.05, 0.1) is 5.52 Å². The molecular formula is C13H9ClN4. The highest BCUT2D eigenvalue weighted by Gasteiger charge is 2.08. The van der Waals surface area contributed by atoms with Crippen LogP contribution in [-0.4, -0.2) is 15.2 Å². The minimum Gasteiger partial charge on any atom is -0.398 e. The first kappa shape index (κ1) is 10.9. The Morgan fingerprint density at radius 3 is 2.50 bits per heavy atom. The third kappa shape index (κ3) is 1.87. The van der Waals surface area contributed by atoms with Gasteiger partial charge >= 0.3 is 0 Å². The van der Waals surface area contributed by atoms with E-state index >= 15 is 0 Å². The van der Waals surface area contributed by atoms with E-state index in [0.717, 1.165) is 16.6 Å². The van der Waals surface area contributed by atoms with Crippen molar-refractivity contribution in [3.05, 3.63) is 47.5 Å². The van der Waals surface area contributed by atoms with E-state index < -0.39 is 0 Å². The van der Waals surface area contributed by atoms with Gasteiger partial charge in [-0.1, -0.05) is 23.7 Å². The third-order valence-corrected chi connectivity index (χ3v) is 2.85. The molecule has 0 aliphatic heterocycles. The predicted molar refractivity (Wildman–Crippen MR) is 72.2 cm³/mol. The second kappa shape index (κ2) is 4.23. The Bertz CT molecular complexity index is 727. The number of hydrogen-bond acceptors (Lipinski definition) is 4. The summed E-state index contributed by atoms with van der Waals surface area (Å²) in [5.74, 6) is 0.503.